The van der Waals surface area contributed by atoms with Crippen molar-refractivity contribution in [3.05, 3.63) is 93.0 Å². The Morgan fingerprint density at radius 3 is 2.24 bits per heavy atom. The molecule has 0 bridgehead atoms. The summed E-state index contributed by atoms with van der Waals surface area (Å²) in [6.45, 7) is 0. The van der Waals surface area contributed by atoms with E-state index in [1.165, 1.54) is 43.5 Å². The number of aromatic amines is 2. The first-order chi connectivity index (χ1) is 15.7. The molecule has 0 unspecified atom stereocenters. The van der Waals surface area contributed by atoms with Gasteiger partial charge in [-0.15, -0.1) is 0 Å². The highest BCUT2D eigenvalue weighted by Gasteiger charge is 2.16. The highest BCUT2D eigenvalue weighted by atomic mass is 32.2. The second-order valence-electron chi connectivity index (χ2n) is 6.98. The van der Waals surface area contributed by atoms with Crippen molar-refractivity contribution in [3.63, 3.8) is 0 Å². The van der Waals surface area contributed by atoms with Crippen LogP contribution in [0, 0.1) is 0 Å². The highest BCUT2D eigenvalue weighted by molar-refractivity contribution is 7.92. The smallest absolute Gasteiger partial charge is 0.314 e. The predicted octanol–water partition coefficient (Wildman–Crippen LogP) is 2.28. The number of amides is 1. The van der Waals surface area contributed by atoms with Crippen LogP contribution in [0.25, 0.3) is 11.0 Å². The quantitative estimate of drug-likeness (QED) is 0.320. The van der Waals surface area contributed by atoms with Gasteiger partial charge in [-0.2, -0.15) is 0 Å². The van der Waals surface area contributed by atoms with E-state index in [4.69, 9.17) is 4.74 Å². The van der Waals surface area contributed by atoms with Crippen molar-refractivity contribution in [2.45, 2.75) is 4.90 Å². The monoisotopic (exact) mass is 466 g/mol. The summed E-state index contributed by atoms with van der Waals surface area (Å²) in [6, 6.07) is 16.5. The van der Waals surface area contributed by atoms with Crippen LogP contribution in [0.3, 0.4) is 0 Å². The van der Waals surface area contributed by atoms with E-state index >= 15 is 0 Å². The lowest BCUT2D eigenvalue weighted by atomic mass is 10.1. The van der Waals surface area contributed by atoms with Crippen LogP contribution < -0.4 is 25.9 Å². The molecule has 0 saturated carbocycles. The predicted molar refractivity (Wildman–Crippen MR) is 123 cm³/mol. The molecule has 4 aromatic rings. The normalized spacial score (nSPS) is 11.2. The van der Waals surface area contributed by atoms with Crippen LogP contribution in [-0.2, 0) is 10.0 Å². The third-order valence-corrected chi connectivity index (χ3v) is 6.11. The maximum Gasteiger partial charge on any atom is 0.314 e. The number of H-pyrrole nitrogens is 2. The second kappa shape index (κ2) is 8.63. The van der Waals surface area contributed by atoms with E-state index in [1.807, 2.05) is 0 Å². The maximum atomic E-state index is 12.8. The number of aromatic nitrogens is 2. The number of fused-ring (bicyclic) bond motifs is 1. The topological polar surface area (TPSA) is 150 Å². The molecule has 1 amide bonds. The summed E-state index contributed by atoms with van der Waals surface area (Å²) in [7, 11) is -2.40. The van der Waals surface area contributed by atoms with Crippen LogP contribution in [0.1, 0.15) is 10.4 Å². The Kier molecular flexibility index (Phi) is 5.71. The first-order valence-electron chi connectivity index (χ1n) is 9.60. The van der Waals surface area contributed by atoms with Gasteiger partial charge < -0.3 is 20.0 Å². The molecule has 0 radical (unpaired) electrons. The molecule has 1 heterocycles. The molecular weight excluding hydrogens is 448 g/mol. The zero-order chi connectivity index (χ0) is 23.6. The summed E-state index contributed by atoms with van der Waals surface area (Å²) in [4.78, 5) is 40.4. The number of anilines is 2. The number of carbonyl (C=O) groups excluding carboxylic acids is 1. The number of methoxy groups -OCH3 is 1. The van der Waals surface area contributed by atoms with Gasteiger partial charge in [0.05, 0.1) is 23.0 Å². The minimum atomic E-state index is -3.91. The third-order valence-electron chi connectivity index (χ3n) is 4.73. The molecule has 168 valence electrons. The zero-order valence-corrected chi connectivity index (χ0v) is 18.0. The van der Waals surface area contributed by atoms with Gasteiger partial charge in [0, 0.05) is 16.9 Å². The lowest BCUT2D eigenvalue weighted by Crippen LogP contribution is -2.29. The zero-order valence-electron chi connectivity index (χ0n) is 17.2. The van der Waals surface area contributed by atoms with E-state index in [-0.39, 0.29) is 21.7 Å². The van der Waals surface area contributed by atoms with Crippen molar-refractivity contribution in [1.29, 1.82) is 0 Å². The van der Waals surface area contributed by atoms with Gasteiger partial charge in [0.2, 0.25) is 0 Å². The van der Waals surface area contributed by atoms with Crippen molar-refractivity contribution in [2.75, 3.05) is 17.1 Å². The van der Waals surface area contributed by atoms with E-state index in [1.54, 1.807) is 30.3 Å². The Hall–Kier alpha value is -4.38. The number of ether oxygens (including phenoxy) is 1. The second-order valence-corrected chi connectivity index (χ2v) is 8.67. The molecular formula is C22H18N4O6S. The number of nitrogens with one attached hydrogen (secondary N) is 4. The molecule has 4 N–H and O–H groups in total. The minimum absolute atomic E-state index is 0.0449. The van der Waals surface area contributed by atoms with Crippen molar-refractivity contribution in [2.24, 2.45) is 0 Å². The molecule has 33 heavy (non-hydrogen) atoms. The highest BCUT2D eigenvalue weighted by Crippen LogP contribution is 2.22. The maximum absolute atomic E-state index is 12.8. The van der Waals surface area contributed by atoms with Crippen LogP contribution >= 0.6 is 0 Å². The first-order valence-corrected chi connectivity index (χ1v) is 11.1. The van der Waals surface area contributed by atoms with E-state index in [2.05, 4.69) is 20.0 Å². The fourth-order valence-corrected chi connectivity index (χ4v) is 4.18. The summed E-state index contributed by atoms with van der Waals surface area (Å²) < 4.78 is 33.0. The van der Waals surface area contributed by atoms with Crippen molar-refractivity contribution >= 4 is 38.3 Å². The van der Waals surface area contributed by atoms with Gasteiger partial charge in [0.25, 0.3) is 15.9 Å². The molecule has 11 heteroatoms. The molecule has 3 aromatic carbocycles. The summed E-state index contributed by atoms with van der Waals surface area (Å²) in [5, 5.41) is 2.63. The van der Waals surface area contributed by atoms with Crippen LogP contribution in [0.5, 0.6) is 5.75 Å². The first kappa shape index (κ1) is 21.8. The molecule has 0 fully saturated rings. The minimum Gasteiger partial charge on any atom is -0.497 e. The molecule has 4 rings (SSSR count). The van der Waals surface area contributed by atoms with E-state index in [0.717, 1.165) is 0 Å². The molecule has 0 aliphatic heterocycles. The molecule has 1 aromatic heterocycles. The van der Waals surface area contributed by atoms with Crippen LogP contribution in [-0.4, -0.2) is 31.4 Å². The lowest BCUT2D eigenvalue weighted by Gasteiger charge is -2.11. The summed E-state index contributed by atoms with van der Waals surface area (Å²) in [5.74, 6) is 0.0633. The molecule has 0 saturated heterocycles. The Bertz CT molecular complexity index is 1570. The Balaban J connectivity index is 1.55. The number of hydrogen-bond donors (Lipinski definition) is 4. The summed E-state index contributed by atoms with van der Waals surface area (Å²) in [5.41, 5.74) is -0.152. The summed E-state index contributed by atoms with van der Waals surface area (Å²) >= 11 is 0. The Morgan fingerprint density at radius 2 is 1.55 bits per heavy atom. The standard InChI is InChI=1S/C22H18N4O6S/c1-32-16-8-6-14(7-9-16)26-33(30,31)17-4-2-3-15(12-17)23-20(27)13-5-10-18-19(11-13)25-22(29)21(28)24-18/h2-12,26H,1H3,(H,23,27)(H,24,28)(H,25,29). The number of rotatable bonds is 6. The van der Waals surface area contributed by atoms with Gasteiger partial charge in [-0.05, 0) is 60.7 Å². The molecule has 0 aliphatic carbocycles. The van der Waals surface area contributed by atoms with Crippen molar-refractivity contribution in [1.82, 2.24) is 9.97 Å². The van der Waals surface area contributed by atoms with E-state index in [0.29, 0.717) is 17.0 Å². The van der Waals surface area contributed by atoms with Gasteiger partial charge in [-0.3, -0.25) is 19.1 Å². The van der Waals surface area contributed by atoms with Crippen LogP contribution in [0.15, 0.2) is 81.2 Å². The lowest BCUT2D eigenvalue weighted by molar-refractivity contribution is 0.102. The van der Waals surface area contributed by atoms with Crippen molar-refractivity contribution in [3.8, 4) is 5.75 Å². The summed E-state index contributed by atoms with van der Waals surface area (Å²) in [6.07, 6.45) is 0. The fourth-order valence-electron chi connectivity index (χ4n) is 3.07. The SMILES string of the molecule is COc1ccc(NS(=O)(=O)c2cccc(NC(=O)c3ccc4[nH]c(=O)c(=O)[nH]c4c3)c2)cc1. The van der Waals surface area contributed by atoms with Gasteiger partial charge in [0.1, 0.15) is 5.75 Å². The molecule has 0 aliphatic rings. The van der Waals surface area contributed by atoms with Gasteiger partial charge in [-0.25, -0.2) is 8.42 Å². The van der Waals surface area contributed by atoms with Gasteiger partial charge in [0.15, 0.2) is 0 Å². The Morgan fingerprint density at radius 1 is 0.848 bits per heavy atom. The fraction of sp³-hybridized carbons (Fsp3) is 0.0455. The van der Waals surface area contributed by atoms with E-state index in [9.17, 15) is 22.8 Å². The Labute approximate surface area is 187 Å². The molecule has 0 spiro atoms. The average molecular weight is 466 g/mol. The average Bonchev–Trinajstić information content (AvgIpc) is 2.80. The van der Waals surface area contributed by atoms with E-state index < -0.39 is 27.0 Å². The number of hydrogen-bond acceptors (Lipinski definition) is 6. The van der Waals surface area contributed by atoms with Crippen LogP contribution in [0.2, 0.25) is 0 Å². The number of benzene rings is 3. The number of sulfonamides is 1. The van der Waals surface area contributed by atoms with Crippen molar-refractivity contribution < 1.29 is 17.9 Å². The van der Waals surface area contributed by atoms with Crippen LogP contribution in [0.4, 0.5) is 11.4 Å². The van der Waals surface area contributed by atoms with Gasteiger partial charge in [-0.1, -0.05) is 6.07 Å². The molecule has 10 nitrogen and oxygen atoms in total. The number of carbonyl (C=O) groups is 1. The largest absolute Gasteiger partial charge is 0.497 e. The van der Waals surface area contributed by atoms with Gasteiger partial charge >= 0.3 is 11.1 Å². The molecule has 0 atom stereocenters. The third kappa shape index (κ3) is 4.77.